The fraction of sp³-hybridized carbons (Fsp3) is 0.625. The molecule has 0 saturated heterocycles. The standard InChI is InChI=1S/C64H88O8/c1-9-13-17-21-25-29-45-49-33-51-46(30-26-22-18-14-10-2)53-35-55-48(32-28-24-20-16-12-4)56-36-54-47(31-27-23-19-15-11-3)52-34-50(45)58-42(6)60(52)68-39-70-62(54)44(8)64(56)72-40-71-63(55)43(7)61(53)69-38-67-59(51)41(5)57(49)65-37-66-58/h33-36,45-48H,9-32,37-40H2,1-8H3. The van der Waals surface area contributed by atoms with Crippen LogP contribution in [0.5, 0.6) is 46.0 Å². The first-order valence-corrected chi connectivity index (χ1v) is 29.0. The van der Waals surface area contributed by atoms with E-state index in [1.165, 1.54) is 147 Å². The van der Waals surface area contributed by atoms with Gasteiger partial charge < -0.3 is 37.9 Å². The summed E-state index contributed by atoms with van der Waals surface area (Å²) >= 11 is 0. The molecular weight excluding hydrogens is 897 g/mol. The quantitative estimate of drug-likeness (QED) is 0.0643. The molecule has 4 aromatic rings. The van der Waals surface area contributed by atoms with Gasteiger partial charge in [-0.15, -0.1) is 0 Å². The third kappa shape index (κ3) is 10.6. The summed E-state index contributed by atoms with van der Waals surface area (Å²) in [6, 6.07) is 10.1. The average Bonchev–Trinajstić information content (AvgIpc) is 3.35. The Morgan fingerprint density at radius 3 is 0.597 bits per heavy atom. The number of unbranched alkanes of at least 4 members (excludes halogenated alkanes) is 16. The Labute approximate surface area is 433 Å². The van der Waals surface area contributed by atoms with Crippen molar-refractivity contribution in [3.05, 3.63) is 91.0 Å². The van der Waals surface area contributed by atoms with Gasteiger partial charge in [-0.2, -0.15) is 0 Å². The SMILES string of the molecule is CCCCCCCC1c2cc3c4c(C)c2OCOc2c1cc1c(c2C)OCOc2c(cc5c(c2C)OCOc2c(cc(c(c2C)OCO4)C3CCCCCCC)C5CCCCCCC)C1CCCCCCC. The smallest absolute Gasteiger partial charge is 0.230 e. The lowest BCUT2D eigenvalue weighted by Gasteiger charge is -2.37. The highest BCUT2D eigenvalue weighted by Gasteiger charge is 2.40. The molecule has 0 atom stereocenters. The van der Waals surface area contributed by atoms with E-state index in [1.54, 1.807) is 0 Å². The molecule has 5 aliphatic rings. The predicted molar refractivity (Wildman–Crippen MR) is 290 cm³/mol. The predicted octanol–water partition coefficient (Wildman–Crippen LogP) is 18.1. The Balaban J connectivity index is 1.37. The highest BCUT2D eigenvalue weighted by atomic mass is 16.7. The molecule has 0 N–H and O–H groups in total. The van der Waals surface area contributed by atoms with Crippen LogP contribution in [0.4, 0.5) is 0 Å². The Bertz CT molecular complexity index is 2020. The highest BCUT2D eigenvalue weighted by molar-refractivity contribution is 5.69. The van der Waals surface area contributed by atoms with Crippen LogP contribution in [0.2, 0.25) is 0 Å². The zero-order chi connectivity index (χ0) is 50.1. The van der Waals surface area contributed by atoms with Crippen molar-refractivity contribution in [1.29, 1.82) is 0 Å². The Kier molecular flexibility index (Phi) is 17.8. The molecule has 392 valence electrons. The largest absolute Gasteiger partial charge is 0.457 e. The van der Waals surface area contributed by atoms with Crippen molar-refractivity contribution in [2.75, 3.05) is 27.2 Å². The van der Waals surface area contributed by atoms with Crippen molar-refractivity contribution < 1.29 is 37.9 Å². The van der Waals surface area contributed by atoms with Crippen LogP contribution in [0, 0.1) is 27.7 Å². The lowest BCUT2D eigenvalue weighted by molar-refractivity contribution is 0.0955. The van der Waals surface area contributed by atoms with Crippen LogP contribution in [0.1, 0.15) is 272 Å². The Morgan fingerprint density at radius 2 is 0.431 bits per heavy atom. The third-order valence-electron chi connectivity index (χ3n) is 17.1. The summed E-state index contributed by atoms with van der Waals surface area (Å²) in [7, 11) is 0. The van der Waals surface area contributed by atoms with Gasteiger partial charge in [-0.05, 0) is 77.6 Å². The van der Waals surface area contributed by atoms with Crippen molar-refractivity contribution in [3.63, 3.8) is 0 Å². The fourth-order valence-corrected chi connectivity index (χ4v) is 13.3. The number of benzene rings is 4. The van der Waals surface area contributed by atoms with Gasteiger partial charge in [0.05, 0.1) is 0 Å². The molecule has 8 heteroatoms. The molecule has 0 unspecified atom stereocenters. The van der Waals surface area contributed by atoms with Crippen LogP contribution < -0.4 is 37.9 Å². The van der Waals surface area contributed by atoms with Gasteiger partial charge in [0.25, 0.3) is 0 Å². The topological polar surface area (TPSA) is 73.8 Å². The first kappa shape index (κ1) is 52.2. The molecule has 0 spiro atoms. The molecule has 4 heterocycles. The first-order valence-electron chi connectivity index (χ1n) is 29.0. The lowest BCUT2D eigenvalue weighted by atomic mass is 9.74. The minimum absolute atomic E-state index is 0.0133. The maximum Gasteiger partial charge on any atom is 0.230 e. The molecule has 72 heavy (non-hydrogen) atoms. The monoisotopic (exact) mass is 985 g/mol. The summed E-state index contributed by atoms with van der Waals surface area (Å²) in [4.78, 5) is 0. The first-order chi connectivity index (χ1) is 35.3. The second-order valence-electron chi connectivity index (χ2n) is 22.0. The number of hydrogen-bond donors (Lipinski definition) is 0. The normalized spacial score (nSPS) is 18.9. The van der Waals surface area contributed by atoms with E-state index in [0.717, 1.165) is 120 Å². The van der Waals surface area contributed by atoms with Crippen LogP contribution in [-0.2, 0) is 0 Å². The van der Waals surface area contributed by atoms with Gasteiger partial charge in [-0.1, -0.05) is 156 Å². The van der Waals surface area contributed by atoms with Crippen LogP contribution in [-0.4, -0.2) is 27.2 Å². The number of rotatable bonds is 24. The van der Waals surface area contributed by atoms with Gasteiger partial charge in [0, 0.05) is 90.4 Å². The molecule has 4 aliphatic heterocycles. The van der Waals surface area contributed by atoms with Crippen molar-refractivity contribution >= 4 is 0 Å². The molecule has 9 rings (SSSR count). The maximum absolute atomic E-state index is 6.90. The molecule has 0 amide bonds. The molecular formula is C64H88O8. The maximum atomic E-state index is 6.90. The number of ether oxygens (including phenoxy) is 8. The Hall–Kier alpha value is -4.72. The summed E-state index contributed by atoms with van der Waals surface area (Å²) in [5, 5.41) is 0. The second kappa shape index (κ2) is 24.5. The van der Waals surface area contributed by atoms with Gasteiger partial charge >= 0.3 is 0 Å². The van der Waals surface area contributed by atoms with Gasteiger partial charge in [0.2, 0.25) is 27.2 Å². The summed E-state index contributed by atoms with van der Waals surface area (Å²) in [6.45, 7) is 18.4. The lowest BCUT2D eigenvalue weighted by Crippen LogP contribution is -2.24. The average molecular weight is 985 g/mol. The molecule has 0 saturated carbocycles. The van der Waals surface area contributed by atoms with E-state index in [0.29, 0.717) is 0 Å². The van der Waals surface area contributed by atoms with Gasteiger partial charge in [-0.25, -0.2) is 0 Å². The molecule has 1 aliphatic carbocycles. The van der Waals surface area contributed by atoms with Gasteiger partial charge in [0.1, 0.15) is 46.0 Å². The van der Waals surface area contributed by atoms with E-state index in [1.807, 2.05) is 0 Å². The van der Waals surface area contributed by atoms with E-state index in [2.05, 4.69) is 79.7 Å². The molecule has 8 bridgehead atoms. The van der Waals surface area contributed by atoms with Crippen molar-refractivity contribution in [1.82, 2.24) is 0 Å². The van der Waals surface area contributed by atoms with E-state index in [-0.39, 0.29) is 50.8 Å². The van der Waals surface area contributed by atoms with Gasteiger partial charge in [-0.3, -0.25) is 0 Å². The zero-order valence-electron chi connectivity index (χ0n) is 45.7. The van der Waals surface area contributed by atoms with Crippen LogP contribution in [0.3, 0.4) is 0 Å². The van der Waals surface area contributed by atoms with Gasteiger partial charge in [0.15, 0.2) is 0 Å². The van der Waals surface area contributed by atoms with Crippen molar-refractivity contribution in [3.8, 4) is 46.0 Å². The van der Waals surface area contributed by atoms with E-state index >= 15 is 0 Å². The molecule has 0 fully saturated rings. The summed E-state index contributed by atoms with van der Waals surface area (Å²) < 4.78 is 55.2. The van der Waals surface area contributed by atoms with E-state index < -0.39 is 0 Å². The van der Waals surface area contributed by atoms with Crippen molar-refractivity contribution in [2.24, 2.45) is 0 Å². The molecule has 4 aromatic carbocycles. The molecule has 0 radical (unpaired) electrons. The van der Waals surface area contributed by atoms with Crippen LogP contribution in [0.15, 0.2) is 24.3 Å². The van der Waals surface area contributed by atoms with Crippen LogP contribution >= 0.6 is 0 Å². The highest BCUT2D eigenvalue weighted by Crippen LogP contribution is 2.58. The Morgan fingerprint density at radius 1 is 0.264 bits per heavy atom. The second-order valence-corrected chi connectivity index (χ2v) is 22.0. The zero-order valence-corrected chi connectivity index (χ0v) is 45.7. The summed E-state index contributed by atoms with van der Waals surface area (Å²) in [6.07, 6.45) is 27.9. The minimum Gasteiger partial charge on any atom is -0.457 e. The summed E-state index contributed by atoms with van der Waals surface area (Å²) in [5.74, 6) is 7.11. The molecule has 0 aromatic heterocycles. The fourth-order valence-electron chi connectivity index (χ4n) is 13.3. The minimum atomic E-state index is 0.0133. The van der Waals surface area contributed by atoms with E-state index in [9.17, 15) is 0 Å². The van der Waals surface area contributed by atoms with Crippen molar-refractivity contribution in [2.45, 2.75) is 233 Å². The molecule has 8 nitrogen and oxygen atoms in total. The van der Waals surface area contributed by atoms with Crippen LogP contribution in [0.25, 0.3) is 0 Å². The number of hydrogen-bond acceptors (Lipinski definition) is 8. The summed E-state index contributed by atoms with van der Waals surface area (Å²) in [5.41, 5.74) is 14.0. The third-order valence-corrected chi connectivity index (χ3v) is 17.1. The van der Waals surface area contributed by atoms with E-state index in [4.69, 9.17) is 37.9 Å².